The van der Waals surface area contributed by atoms with Crippen LogP contribution in [0.25, 0.3) is 22.6 Å². The highest BCUT2D eigenvalue weighted by molar-refractivity contribution is 7.99. The van der Waals surface area contributed by atoms with Gasteiger partial charge in [-0.1, -0.05) is 36.0 Å². The summed E-state index contributed by atoms with van der Waals surface area (Å²) >= 11 is 1.28. The van der Waals surface area contributed by atoms with E-state index < -0.39 is 0 Å². The number of furan rings is 1. The van der Waals surface area contributed by atoms with E-state index in [2.05, 4.69) is 22.1 Å². The Kier molecular flexibility index (Phi) is 5.99. The van der Waals surface area contributed by atoms with Crippen LogP contribution in [0.3, 0.4) is 0 Å². The lowest BCUT2D eigenvalue weighted by Crippen LogP contribution is -2.14. The standard InChI is InChI=1S/C23H20N4O3S/c1-3-12-27-22(20-13-17-6-4-5-7-19(17)30-20)25-26-23(27)31-14-21(29)24-18-10-8-16(9-11-18)15(2)28/h3-11,13H,1,12,14H2,2H3,(H,24,29). The average molecular weight is 433 g/mol. The number of fused-ring (bicyclic) bond motifs is 1. The van der Waals surface area contributed by atoms with Gasteiger partial charge in [-0.3, -0.25) is 14.2 Å². The fourth-order valence-corrected chi connectivity index (χ4v) is 3.83. The van der Waals surface area contributed by atoms with E-state index in [0.29, 0.717) is 34.5 Å². The van der Waals surface area contributed by atoms with Crippen LogP contribution in [0.15, 0.2) is 76.8 Å². The second-order valence-corrected chi connectivity index (χ2v) is 7.77. The van der Waals surface area contributed by atoms with Crippen LogP contribution < -0.4 is 5.32 Å². The zero-order valence-corrected chi connectivity index (χ0v) is 17.7. The first kappa shape index (κ1) is 20.6. The van der Waals surface area contributed by atoms with Crippen molar-refractivity contribution in [3.63, 3.8) is 0 Å². The van der Waals surface area contributed by atoms with Crippen molar-refractivity contribution in [3.8, 4) is 11.6 Å². The number of benzene rings is 2. The Labute approximate surface area is 183 Å². The predicted octanol–water partition coefficient (Wildman–Crippen LogP) is 4.81. The molecule has 0 spiro atoms. The zero-order valence-electron chi connectivity index (χ0n) is 16.9. The van der Waals surface area contributed by atoms with Crippen LogP contribution in [0, 0.1) is 0 Å². The van der Waals surface area contributed by atoms with Gasteiger partial charge in [0, 0.05) is 23.2 Å². The minimum absolute atomic E-state index is 0.0183. The number of hydrogen-bond acceptors (Lipinski definition) is 6. The highest BCUT2D eigenvalue weighted by Gasteiger charge is 2.18. The molecule has 2 aromatic carbocycles. The molecule has 0 aliphatic rings. The number of allylic oxidation sites excluding steroid dienone is 1. The summed E-state index contributed by atoms with van der Waals surface area (Å²) in [6.45, 7) is 5.79. The number of thioether (sulfide) groups is 1. The van der Waals surface area contributed by atoms with Crippen molar-refractivity contribution in [1.82, 2.24) is 14.8 Å². The van der Waals surface area contributed by atoms with Crippen LogP contribution in [0.5, 0.6) is 0 Å². The Morgan fingerprint density at radius 1 is 1.16 bits per heavy atom. The van der Waals surface area contributed by atoms with E-state index in [9.17, 15) is 9.59 Å². The number of hydrogen-bond donors (Lipinski definition) is 1. The molecule has 8 heteroatoms. The van der Waals surface area contributed by atoms with Crippen LogP contribution in [-0.4, -0.2) is 32.2 Å². The lowest BCUT2D eigenvalue weighted by molar-refractivity contribution is -0.113. The summed E-state index contributed by atoms with van der Waals surface area (Å²) in [7, 11) is 0. The van der Waals surface area contributed by atoms with Crippen LogP contribution in [0.1, 0.15) is 17.3 Å². The number of Topliss-reactive ketones (excluding diaryl/α,β-unsaturated/α-hetero) is 1. The number of rotatable bonds is 8. The van der Waals surface area contributed by atoms with Gasteiger partial charge < -0.3 is 9.73 Å². The molecule has 0 aliphatic carbocycles. The van der Waals surface area contributed by atoms with Gasteiger partial charge in [0.25, 0.3) is 0 Å². The predicted molar refractivity (Wildman–Crippen MR) is 121 cm³/mol. The molecule has 4 rings (SSSR count). The third-order valence-electron chi connectivity index (χ3n) is 4.58. The molecule has 1 amide bonds. The van der Waals surface area contributed by atoms with Gasteiger partial charge >= 0.3 is 0 Å². The Bertz CT molecular complexity index is 1220. The molecule has 1 N–H and O–H groups in total. The molecule has 0 radical (unpaired) electrons. The van der Waals surface area contributed by atoms with Crippen molar-refractivity contribution < 1.29 is 14.0 Å². The number of anilines is 1. The van der Waals surface area contributed by atoms with Gasteiger partial charge in [-0.25, -0.2) is 0 Å². The van der Waals surface area contributed by atoms with Crippen LogP contribution in [0.4, 0.5) is 5.69 Å². The van der Waals surface area contributed by atoms with Crippen molar-refractivity contribution >= 4 is 40.1 Å². The Morgan fingerprint density at radius 2 is 1.94 bits per heavy atom. The van der Waals surface area contributed by atoms with E-state index in [1.54, 1.807) is 30.3 Å². The van der Waals surface area contributed by atoms with Gasteiger partial charge in [0.1, 0.15) is 5.58 Å². The minimum atomic E-state index is -0.181. The van der Waals surface area contributed by atoms with Gasteiger partial charge in [0.2, 0.25) is 11.7 Å². The molecule has 7 nitrogen and oxygen atoms in total. The van der Waals surface area contributed by atoms with Crippen molar-refractivity contribution in [1.29, 1.82) is 0 Å². The highest BCUT2D eigenvalue weighted by atomic mass is 32.2. The zero-order chi connectivity index (χ0) is 21.8. The number of nitrogens with zero attached hydrogens (tertiary/aromatic N) is 3. The maximum atomic E-state index is 12.4. The largest absolute Gasteiger partial charge is 0.453 e. The fourth-order valence-electron chi connectivity index (χ4n) is 3.08. The third kappa shape index (κ3) is 4.59. The molecule has 4 aromatic rings. The van der Waals surface area contributed by atoms with Gasteiger partial charge in [0.05, 0.1) is 5.75 Å². The molecule has 0 fully saturated rings. The summed E-state index contributed by atoms with van der Waals surface area (Å²) in [5.41, 5.74) is 2.00. The quantitative estimate of drug-likeness (QED) is 0.244. The summed E-state index contributed by atoms with van der Waals surface area (Å²) in [6, 6.07) is 16.4. The van der Waals surface area contributed by atoms with E-state index in [-0.39, 0.29) is 17.4 Å². The number of para-hydroxylation sites is 1. The Morgan fingerprint density at radius 3 is 2.65 bits per heavy atom. The van der Waals surface area contributed by atoms with E-state index >= 15 is 0 Å². The van der Waals surface area contributed by atoms with Gasteiger partial charge in [-0.15, -0.1) is 16.8 Å². The van der Waals surface area contributed by atoms with Crippen LogP contribution in [-0.2, 0) is 11.3 Å². The number of nitrogens with one attached hydrogen (secondary N) is 1. The second kappa shape index (κ2) is 9.01. The third-order valence-corrected chi connectivity index (χ3v) is 5.55. The topological polar surface area (TPSA) is 90.0 Å². The molecular formula is C23H20N4O3S. The first-order valence-electron chi connectivity index (χ1n) is 9.62. The first-order chi connectivity index (χ1) is 15.0. The first-order valence-corrected chi connectivity index (χ1v) is 10.6. The molecule has 2 heterocycles. The highest BCUT2D eigenvalue weighted by Crippen LogP contribution is 2.29. The van der Waals surface area contributed by atoms with Crippen LogP contribution in [0.2, 0.25) is 0 Å². The fraction of sp³-hybridized carbons (Fsp3) is 0.130. The summed E-state index contributed by atoms with van der Waals surface area (Å²) in [4.78, 5) is 23.7. The lowest BCUT2D eigenvalue weighted by Gasteiger charge is -2.07. The number of carbonyl (C=O) groups excluding carboxylic acids is 2. The number of carbonyl (C=O) groups is 2. The Balaban J connectivity index is 1.47. The number of ketones is 1. The normalized spacial score (nSPS) is 10.9. The van der Waals surface area contributed by atoms with Crippen molar-refractivity contribution in [3.05, 3.63) is 72.8 Å². The molecule has 0 aliphatic heterocycles. The minimum Gasteiger partial charge on any atom is -0.453 e. The van der Waals surface area contributed by atoms with E-state index in [0.717, 1.165) is 11.0 Å². The van der Waals surface area contributed by atoms with Gasteiger partial charge in [-0.05, 0) is 43.3 Å². The van der Waals surface area contributed by atoms with Crippen molar-refractivity contribution in [2.75, 3.05) is 11.1 Å². The van der Waals surface area contributed by atoms with Gasteiger partial charge in [0.15, 0.2) is 16.7 Å². The summed E-state index contributed by atoms with van der Waals surface area (Å²) < 4.78 is 7.78. The molecule has 31 heavy (non-hydrogen) atoms. The van der Waals surface area contributed by atoms with Crippen molar-refractivity contribution in [2.24, 2.45) is 0 Å². The summed E-state index contributed by atoms with van der Waals surface area (Å²) in [5.74, 6) is 1.15. The Hall–Kier alpha value is -3.65. The van der Waals surface area contributed by atoms with Crippen LogP contribution >= 0.6 is 11.8 Å². The van der Waals surface area contributed by atoms with E-state index in [1.165, 1.54) is 18.7 Å². The molecule has 0 unspecified atom stereocenters. The molecule has 0 atom stereocenters. The second-order valence-electron chi connectivity index (χ2n) is 6.82. The number of amides is 1. The maximum Gasteiger partial charge on any atom is 0.234 e. The van der Waals surface area contributed by atoms with Gasteiger partial charge in [-0.2, -0.15) is 0 Å². The summed E-state index contributed by atoms with van der Waals surface area (Å²) in [5, 5.41) is 12.9. The smallest absolute Gasteiger partial charge is 0.234 e. The lowest BCUT2D eigenvalue weighted by atomic mass is 10.1. The molecule has 0 bridgehead atoms. The molecule has 2 aromatic heterocycles. The molecule has 0 saturated carbocycles. The molecule has 0 saturated heterocycles. The summed E-state index contributed by atoms with van der Waals surface area (Å²) in [6.07, 6.45) is 1.75. The SMILES string of the molecule is C=CCn1c(SCC(=O)Nc2ccc(C(C)=O)cc2)nnc1-c1cc2ccccc2o1. The average Bonchev–Trinajstić information content (AvgIpc) is 3.36. The van der Waals surface area contributed by atoms with E-state index in [4.69, 9.17) is 4.42 Å². The van der Waals surface area contributed by atoms with Crippen molar-refractivity contribution in [2.45, 2.75) is 18.6 Å². The number of aromatic nitrogens is 3. The molecular weight excluding hydrogens is 412 g/mol. The molecule has 156 valence electrons. The maximum absolute atomic E-state index is 12.4. The monoisotopic (exact) mass is 432 g/mol. The van der Waals surface area contributed by atoms with E-state index in [1.807, 2.05) is 34.9 Å².